The monoisotopic (exact) mass is 341 g/mol. The van der Waals surface area contributed by atoms with Crippen LogP contribution in [0, 0.1) is 0 Å². The Morgan fingerprint density at radius 1 is 1.21 bits per heavy atom. The van der Waals surface area contributed by atoms with Crippen molar-refractivity contribution in [1.82, 2.24) is 5.32 Å². The Labute approximate surface area is 148 Å². The summed E-state index contributed by atoms with van der Waals surface area (Å²) in [6, 6.07) is 15.7. The van der Waals surface area contributed by atoms with Crippen LogP contribution >= 0.6 is 11.8 Å². The topological polar surface area (TPSA) is 38.3 Å². The van der Waals surface area contributed by atoms with Gasteiger partial charge in [-0.25, -0.2) is 0 Å². The van der Waals surface area contributed by atoms with Crippen LogP contribution in [0.3, 0.4) is 0 Å². The van der Waals surface area contributed by atoms with Crippen LogP contribution in [0.25, 0.3) is 0 Å². The molecule has 0 atom stereocenters. The molecule has 1 amide bonds. The number of para-hydroxylation sites is 1. The first-order valence-corrected chi connectivity index (χ1v) is 8.97. The molecular weight excluding hydrogens is 318 g/mol. The van der Waals surface area contributed by atoms with Gasteiger partial charge in [0, 0.05) is 17.2 Å². The lowest BCUT2D eigenvalue weighted by molar-refractivity contribution is 0.0950. The molecule has 0 spiro atoms. The summed E-state index contributed by atoms with van der Waals surface area (Å²) >= 11 is 1.62. The van der Waals surface area contributed by atoms with Crippen molar-refractivity contribution in [3.63, 3.8) is 0 Å². The molecular formula is C20H23NO2S. The molecule has 0 heterocycles. The maximum absolute atomic E-state index is 12.4. The maximum atomic E-state index is 12.4. The molecule has 2 aromatic rings. The average molecular weight is 341 g/mol. The highest BCUT2D eigenvalue weighted by Crippen LogP contribution is 2.22. The van der Waals surface area contributed by atoms with Crippen molar-refractivity contribution in [3.8, 4) is 5.75 Å². The summed E-state index contributed by atoms with van der Waals surface area (Å²) in [5.41, 5.74) is 1.89. The zero-order chi connectivity index (χ0) is 17.2. The first-order valence-electron chi connectivity index (χ1n) is 7.99. The molecule has 2 rings (SSSR count). The quantitative estimate of drug-likeness (QED) is 0.419. The molecule has 1 N–H and O–H groups in total. The molecule has 0 saturated carbocycles. The number of ether oxygens (including phenoxy) is 1. The van der Waals surface area contributed by atoms with Gasteiger partial charge in [-0.2, -0.15) is 0 Å². The van der Waals surface area contributed by atoms with Crippen LogP contribution in [0.15, 0.2) is 66.1 Å². The van der Waals surface area contributed by atoms with Crippen molar-refractivity contribution in [1.29, 1.82) is 0 Å². The summed E-state index contributed by atoms with van der Waals surface area (Å²) in [6.45, 7) is 4.36. The number of carbonyl (C=O) groups excluding carboxylic acids is 1. The predicted octanol–water partition coefficient (Wildman–Crippen LogP) is 4.34. The van der Waals surface area contributed by atoms with Gasteiger partial charge in [-0.05, 0) is 36.6 Å². The lowest BCUT2D eigenvalue weighted by Crippen LogP contribution is -2.25. The summed E-state index contributed by atoms with van der Waals surface area (Å²) in [6.07, 6.45) is 3.58. The van der Waals surface area contributed by atoms with E-state index in [0.29, 0.717) is 6.54 Å². The number of aryl methyl sites for hydroxylation is 1. The Balaban J connectivity index is 1.86. The Kier molecular flexibility index (Phi) is 7.43. The number of carbonyl (C=O) groups is 1. The SMILES string of the molecule is C=CCSc1ccccc1C(=O)NCCCc1ccccc1OC. The molecule has 3 nitrogen and oxygen atoms in total. The highest BCUT2D eigenvalue weighted by Gasteiger charge is 2.10. The van der Waals surface area contributed by atoms with E-state index in [4.69, 9.17) is 4.74 Å². The third kappa shape index (κ3) is 5.17. The van der Waals surface area contributed by atoms with E-state index in [1.54, 1.807) is 18.9 Å². The van der Waals surface area contributed by atoms with Gasteiger partial charge in [-0.3, -0.25) is 4.79 Å². The fourth-order valence-corrected chi connectivity index (χ4v) is 3.20. The third-order valence-electron chi connectivity index (χ3n) is 3.59. The molecule has 2 aromatic carbocycles. The predicted molar refractivity (Wildman–Crippen MR) is 101 cm³/mol. The highest BCUT2D eigenvalue weighted by atomic mass is 32.2. The van der Waals surface area contributed by atoms with E-state index in [2.05, 4.69) is 18.0 Å². The number of amides is 1. The number of rotatable bonds is 9. The van der Waals surface area contributed by atoms with Crippen molar-refractivity contribution in [3.05, 3.63) is 72.3 Å². The molecule has 0 radical (unpaired) electrons. The number of methoxy groups -OCH3 is 1. The van der Waals surface area contributed by atoms with E-state index in [0.717, 1.165) is 40.4 Å². The van der Waals surface area contributed by atoms with Crippen molar-refractivity contribution in [2.45, 2.75) is 17.7 Å². The van der Waals surface area contributed by atoms with Crippen LogP contribution in [0.5, 0.6) is 5.75 Å². The number of hydrogen-bond acceptors (Lipinski definition) is 3. The molecule has 24 heavy (non-hydrogen) atoms. The largest absolute Gasteiger partial charge is 0.496 e. The van der Waals surface area contributed by atoms with Crippen LogP contribution < -0.4 is 10.1 Å². The van der Waals surface area contributed by atoms with E-state index in [1.807, 2.05) is 48.5 Å². The van der Waals surface area contributed by atoms with Crippen LogP contribution in [-0.4, -0.2) is 25.3 Å². The molecule has 0 aliphatic carbocycles. The summed E-state index contributed by atoms with van der Waals surface area (Å²) in [7, 11) is 1.68. The van der Waals surface area contributed by atoms with Crippen molar-refractivity contribution in [2.75, 3.05) is 19.4 Å². The summed E-state index contributed by atoms with van der Waals surface area (Å²) in [5.74, 6) is 1.66. The van der Waals surface area contributed by atoms with E-state index >= 15 is 0 Å². The van der Waals surface area contributed by atoms with Crippen LogP contribution in [0.1, 0.15) is 22.3 Å². The normalized spacial score (nSPS) is 10.2. The smallest absolute Gasteiger partial charge is 0.252 e. The molecule has 0 saturated heterocycles. The van der Waals surface area contributed by atoms with Gasteiger partial charge in [0.1, 0.15) is 5.75 Å². The number of thioether (sulfide) groups is 1. The molecule has 4 heteroatoms. The zero-order valence-corrected chi connectivity index (χ0v) is 14.8. The zero-order valence-electron chi connectivity index (χ0n) is 14.0. The highest BCUT2D eigenvalue weighted by molar-refractivity contribution is 7.99. The first kappa shape index (κ1) is 18.1. The number of benzene rings is 2. The summed E-state index contributed by atoms with van der Waals surface area (Å²) in [5, 5.41) is 3.00. The van der Waals surface area contributed by atoms with Crippen molar-refractivity contribution < 1.29 is 9.53 Å². The molecule has 0 fully saturated rings. The molecule has 126 valence electrons. The second-order valence-corrected chi connectivity index (χ2v) is 6.33. The van der Waals surface area contributed by atoms with Gasteiger partial charge in [0.2, 0.25) is 0 Å². The van der Waals surface area contributed by atoms with E-state index < -0.39 is 0 Å². The van der Waals surface area contributed by atoms with E-state index in [9.17, 15) is 4.79 Å². The first-order chi connectivity index (χ1) is 11.8. The fraction of sp³-hybridized carbons (Fsp3) is 0.250. The Bertz CT molecular complexity index is 685. The van der Waals surface area contributed by atoms with Gasteiger partial charge >= 0.3 is 0 Å². The Morgan fingerprint density at radius 2 is 1.96 bits per heavy atom. The maximum Gasteiger partial charge on any atom is 0.252 e. The second-order valence-electron chi connectivity index (χ2n) is 5.27. The lowest BCUT2D eigenvalue weighted by atomic mass is 10.1. The van der Waals surface area contributed by atoms with Crippen LogP contribution in [-0.2, 0) is 6.42 Å². The molecule has 0 aliphatic heterocycles. The molecule has 0 aromatic heterocycles. The van der Waals surface area contributed by atoms with Gasteiger partial charge < -0.3 is 10.1 Å². The minimum atomic E-state index is -0.0258. The number of nitrogens with one attached hydrogen (secondary N) is 1. The lowest BCUT2D eigenvalue weighted by Gasteiger charge is -2.10. The van der Waals surface area contributed by atoms with Gasteiger partial charge in [-0.15, -0.1) is 18.3 Å². The summed E-state index contributed by atoms with van der Waals surface area (Å²) in [4.78, 5) is 13.4. The van der Waals surface area contributed by atoms with Gasteiger partial charge in [0.25, 0.3) is 5.91 Å². The minimum Gasteiger partial charge on any atom is -0.496 e. The van der Waals surface area contributed by atoms with Gasteiger partial charge in [0.05, 0.1) is 12.7 Å². The van der Waals surface area contributed by atoms with Gasteiger partial charge in [-0.1, -0.05) is 36.4 Å². The Hall–Kier alpha value is -2.20. The van der Waals surface area contributed by atoms with Crippen LogP contribution in [0.2, 0.25) is 0 Å². The standard InChI is InChI=1S/C20H23NO2S/c1-3-15-24-19-13-7-5-11-17(19)20(22)21-14-8-10-16-9-4-6-12-18(16)23-2/h3-7,9,11-13H,1,8,10,14-15H2,2H3,(H,21,22). The van der Waals surface area contributed by atoms with E-state index in [-0.39, 0.29) is 5.91 Å². The van der Waals surface area contributed by atoms with Crippen molar-refractivity contribution in [2.24, 2.45) is 0 Å². The Morgan fingerprint density at radius 3 is 2.75 bits per heavy atom. The fourth-order valence-electron chi connectivity index (χ4n) is 2.41. The second kappa shape index (κ2) is 9.83. The summed E-state index contributed by atoms with van der Waals surface area (Å²) < 4.78 is 5.35. The molecule has 0 bridgehead atoms. The number of hydrogen-bond donors (Lipinski definition) is 1. The average Bonchev–Trinajstić information content (AvgIpc) is 2.63. The third-order valence-corrected chi connectivity index (χ3v) is 4.66. The van der Waals surface area contributed by atoms with Crippen molar-refractivity contribution >= 4 is 17.7 Å². The van der Waals surface area contributed by atoms with Crippen LogP contribution in [0.4, 0.5) is 0 Å². The molecule has 0 aliphatic rings. The van der Waals surface area contributed by atoms with E-state index in [1.165, 1.54) is 0 Å². The minimum absolute atomic E-state index is 0.0258. The van der Waals surface area contributed by atoms with Gasteiger partial charge in [0.15, 0.2) is 0 Å². The molecule has 0 unspecified atom stereocenters.